The van der Waals surface area contributed by atoms with E-state index in [9.17, 15) is 9.18 Å². The van der Waals surface area contributed by atoms with E-state index in [1.165, 1.54) is 42.4 Å². The van der Waals surface area contributed by atoms with Crippen LogP contribution in [0.5, 0.6) is 0 Å². The van der Waals surface area contributed by atoms with E-state index in [-0.39, 0.29) is 5.91 Å². The molecular formula is C31H36FN5OS. The molecule has 2 aromatic heterocycles. The van der Waals surface area contributed by atoms with Gasteiger partial charge in [0.2, 0.25) is 0 Å². The number of hydrogen-bond acceptors (Lipinski definition) is 5. The highest BCUT2D eigenvalue weighted by molar-refractivity contribution is 7.23. The van der Waals surface area contributed by atoms with Gasteiger partial charge in [-0.05, 0) is 93.3 Å². The van der Waals surface area contributed by atoms with Crippen molar-refractivity contribution in [1.82, 2.24) is 24.9 Å². The number of benzene rings is 2. The number of piperidine rings is 1. The van der Waals surface area contributed by atoms with Crippen molar-refractivity contribution in [3.05, 3.63) is 59.3 Å². The summed E-state index contributed by atoms with van der Waals surface area (Å²) < 4.78 is 16.5. The number of aromatic nitrogens is 2. The molecular weight excluding hydrogens is 509 g/mol. The quantitative estimate of drug-likeness (QED) is 0.264. The summed E-state index contributed by atoms with van der Waals surface area (Å²) >= 11 is 1.63. The van der Waals surface area contributed by atoms with Crippen molar-refractivity contribution in [2.24, 2.45) is 0 Å². The third-order valence-corrected chi connectivity index (χ3v) is 9.66. The van der Waals surface area contributed by atoms with E-state index in [1.54, 1.807) is 11.3 Å². The maximum atomic E-state index is 13.3. The van der Waals surface area contributed by atoms with Crippen molar-refractivity contribution < 1.29 is 9.18 Å². The minimum Gasteiger partial charge on any atom is -0.352 e. The molecule has 4 heterocycles. The lowest BCUT2D eigenvalue weighted by Gasteiger charge is -2.28. The first kappa shape index (κ1) is 25.2. The van der Waals surface area contributed by atoms with E-state index in [0.717, 1.165) is 53.5 Å². The Morgan fingerprint density at radius 3 is 2.77 bits per heavy atom. The zero-order chi connectivity index (χ0) is 26.3. The summed E-state index contributed by atoms with van der Waals surface area (Å²) in [5.74, 6) is 0.610. The van der Waals surface area contributed by atoms with Crippen LogP contribution < -0.4 is 10.6 Å². The van der Waals surface area contributed by atoms with Gasteiger partial charge in [0.25, 0.3) is 5.91 Å². The van der Waals surface area contributed by atoms with Gasteiger partial charge in [0, 0.05) is 43.0 Å². The van der Waals surface area contributed by atoms with Gasteiger partial charge in [-0.1, -0.05) is 29.5 Å². The fraction of sp³-hybridized carbons (Fsp3) is 0.484. The lowest BCUT2D eigenvalue weighted by atomic mass is 9.95. The standard InChI is InChI=1S/C31H36FN5OS/c32-23-10-15-36(16-11-23)14-2-13-34-30(38)22-7-9-28-29(18-22)39-31-35-27(19-37(28)31)24-8-6-21(26-3-1-12-33-26)17-25(24)20-4-5-20/h6-9,17-20,23,26,33H,1-5,10-16H2,(H,34,38). The molecule has 39 heavy (non-hydrogen) atoms. The number of likely N-dealkylation sites (tertiary alicyclic amines) is 1. The number of alkyl halides is 1. The summed E-state index contributed by atoms with van der Waals surface area (Å²) in [7, 11) is 0. The maximum Gasteiger partial charge on any atom is 0.251 e. The lowest BCUT2D eigenvalue weighted by Crippen LogP contribution is -2.36. The molecule has 7 rings (SSSR count). The monoisotopic (exact) mass is 545 g/mol. The Morgan fingerprint density at radius 1 is 1.10 bits per heavy atom. The molecule has 3 fully saturated rings. The Labute approximate surface area is 232 Å². The first-order valence-corrected chi connectivity index (χ1v) is 15.4. The first-order chi connectivity index (χ1) is 19.1. The zero-order valence-corrected chi connectivity index (χ0v) is 23.1. The molecule has 2 aliphatic heterocycles. The van der Waals surface area contributed by atoms with Gasteiger partial charge >= 0.3 is 0 Å². The van der Waals surface area contributed by atoms with Gasteiger partial charge in [-0.3, -0.25) is 9.20 Å². The number of hydrogen-bond donors (Lipinski definition) is 2. The molecule has 4 aromatic rings. The molecule has 2 N–H and O–H groups in total. The Hall–Kier alpha value is -2.81. The second kappa shape index (κ2) is 10.6. The Balaban J connectivity index is 1.05. The fourth-order valence-electron chi connectivity index (χ4n) is 6.24. The number of amides is 1. The highest BCUT2D eigenvalue weighted by Gasteiger charge is 2.29. The van der Waals surface area contributed by atoms with Crippen molar-refractivity contribution in [3.8, 4) is 11.3 Å². The second-order valence-electron chi connectivity index (χ2n) is 11.5. The molecule has 1 amide bonds. The first-order valence-electron chi connectivity index (χ1n) is 14.6. The molecule has 2 saturated heterocycles. The summed E-state index contributed by atoms with van der Waals surface area (Å²) in [6, 6.07) is 13.4. The molecule has 204 valence electrons. The van der Waals surface area contributed by atoms with Gasteiger partial charge in [0.15, 0.2) is 4.96 Å². The molecule has 3 aliphatic rings. The number of thiazole rings is 1. The summed E-state index contributed by atoms with van der Waals surface area (Å²) in [5.41, 5.74) is 6.92. The lowest BCUT2D eigenvalue weighted by molar-refractivity contribution is 0.0950. The minimum atomic E-state index is -0.645. The number of nitrogens with zero attached hydrogens (tertiary/aromatic N) is 3. The Morgan fingerprint density at radius 2 is 1.97 bits per heavy atom. The number of imidazole rings is 1. The largest absolute Gasteiger partial charge is 0.352 e. The number of rotatable bonds is 8. The topological polar surface area (TPSA) is 61.7 Å². The SMILES string of the molecule is O=C(NCCCN1CCC(F)CC1)c1ccc2c(c1)sc1nc(-c3ccc(C4CCCN4)cc3C3CC3)cn12. The number of carbonyl (C=O) groups excluding carboxylic acids is 1. The van der Waals surface area contributed by atoms with Crippen LogP contribution in [-0.2, 0) is 0 Å². The predicted molar refractivity (Wildman–Crippen MR) is 155 cm³/mol. The van der Waals surface area contributed by atoms with Gasteiger partial charge in [-0.15, -0.1) is 0 Å². The number of halogens is 1. The van der Waals surface area contributed by atoms with Crippen molar-refractivity contribution in [3.63, 3.8) is 0 Å². The molecule has 1 aliphatic carbocycles. The summed E-state index contributed by atoms with van der Waals surface area (Å²) in [5, 5.41) is 6.69. The average Bonchev–Trinajstić information content (AvgIpc) is 3.34. The summed E-state index contributed by atoms with van der Waals surface area (Å²) in [4.78, 5) is 21.1. The Kier molecular flexibility index (Phi) is 6.87. The third kappa shape index (κ3) is 5.22. The molecule has 2 aromatic carbocycles. The number of nitrogens with one attached hydrogen (secondary N) is 2. The van der Waals surface area contributed by atoms with Crippen LogP contribution in [0.25, 0.3) is 26.4 Å². The zero-order valence-electron chi connectivity index (χ0n) is 22.3. The van der Waals surface area contributed by atoms with Crippen molar-refractivity contribution in [1.29, 1.82) is 0 Å². The van der Waals surface area contributed by atoms with Crippen LogP contribution in [0.2, 0.25) is 0 Å². The molecule has 0 bridgehead atoms. The highest BCUT2D eigenvalue weighted by atomic mass is 32.1. The van der Waals surface area contributed by atoms with E-state index >= 15 is 0 Å². The van der Waals surface area contributed by atoms with Gasteiger partial charge in [-0.25, -0.2) is 9.37 Å². The van der Waals surface area contributed by atoms with Crippen LogP contribution in [0.15, 0.2) is 42.6 Å². The normalized spacial score (nSPS) is 20.8. The van der Waals surface area contributed by atoms with Gasteiger partial charge < -0.3 is 15.5 Å². The van der Waals surface area contributed by atoms with Crippen LogP contribution in [0.4, 0.5) is 4.39 Å². The highest BCUT2D eigenvalue weighted by Crippen LogP contribution is 2.46. The van der Waals surface area contributed by atoms with Crippen LogP contribution in [0.1, 0.15) is 78.4 Å². The van der Waals surface area contributed by atoms with Crippen molar-refractivity contribution in [2.75, 3.05) is 32.7 Å². The molecule has 6 nitrogen and oxygen atoms in total. The van der Waals surface area contributed by atoms with Crippen LogP contribution in [0.3, 0.4) is 0 Å². The van der Waals surface area contributed by atoms with Gasteiger partial charge in [0.1, 0.15) is 6.17 Å². The van der Waals surface area contributed by atoms with E-state index in [0.29, 0.717) is 36.9 Å². The van der Waals surface area contributed by atoms with E-state index in [4.69, 9.17) is 4.98 Å². The van der Waals surface area contributed by atoms with Crippen LogP contribution in [-0.4, -0.2) is 59.1 Å². The van der Waals surface area contributed by atoms with E-state index in [1.807, 2.05) is 18.2 Å². The average molecular weight is 546 g/mol. The molecule has 1 atom stereocenters. The van der Waals surface area contributed by atoms with Crippen molar-refractivity contribution in [2.45, 2.75) is 63.1 Å². The molecule has 1 saturated carbocycles. The fourth-order valence-corrected chi connectivity index (χ4v) is 7.28. The van der Waals surface area contributed by atoms with Gasteiger partial charge in [0.05, 0.1) is 15.9 Å². The van der Waals surface area contributed by atoms with Crippen LogP contribution in [0, 0.1) is 0 Å². The molecule has 0 spiro atoms. The van der Waals surface area contributed by atoms with E-state index in [2.05, 4.69) is 44.3 Å². The molecule has 0 radical (unpaired) electrons. The smallest absolute Gasteiger partial charge is 0.251 e. The Bertz CT molecular complexity index is 1490. The minimum absolute atomic E-state index is 0.0444. The summed E-state index contributed by atoms with van der Waals surface area (Å²) in [6.07, 6.45) is 8.65. The van der Waals surface area contributed by atoms with Crippen LogP contribution >= 0.6 is 11.3 Å². The van der Waals surface area contributed by atoms with E-state index < -0.39 is 6.17 Å². The molecule has 1 unspecified atom stereocenters. The predicted octanol–water partition coefficient (Wildman–Crippen LogP) is 6.07. The molecule has 8 heteroatoms. The maximum absolute atomic E-state index is 13.3. The van der Waals surface area contributed by atoms with Gasteiger partial charge in [-0.2, -0.15) is 0 Å². The number of fused-ring (bicyclic) bond motifs is 3. The third-order valence-electron chi connectivity index (χ3n) is 8.64. The second-order valence-corrected chi connectivity index (χ2v) is 12.5. The number of carbonyl (C=O) groups is 1. The van der Waals surface area contributed by atoms with Crippen molar-refractivity contribution >= 4 is 32.4 Å². The summed E-state index contributed by atoms with van der Waals surface area (Å²) in [6.45, 7) is 4.28.